The van der Waals surface area contributed by atoms with Crippen molar-refractivity contribution in [1.82, 2.24) is 30.5 Å². The van der Waals surface area contributed by atoms with E-state index in [0.29, 0.717) is 25.2 Å². The van der Waals surface area contributed by atoms with Gasteiger partial charge in [0.25, 0.3) is 5.91 Å². The van der Waals surface area contributed by atoms with Gasteiger partial charge in [-0.1, -0.05) is 74.3 Å². The molecule has 4 heterocycles. The standard InChI is InChI=1S/C30H43N9O2.2C3H8.C2H6/c1-4-5-26-27(19-36-39-20-24(15-29(26)39)25(16-32)17-33-7-6-31)21(2)37-28-14-23(18-35-22(28)3)30(40)34-8-9-38-10-12-41-13-11-38;2*1-3-2;1-2/h14-20,22,35,37H,2,4-13,31-32H2,1,3H3,(H,34,40);2*3H2,1-2H3;1-2H3/b25-16+,33-17?;;;. The van der Waals surface area contributed by atoms with Gasteiger partial charge in [-0.2, -0.15) is 5.10 Å². The molecular weight excluding hydrogens is 614 g/mol. The number of aromatic nitrogens is 2. The average molecular weight is 680 g/mol. The van der Waals surface area contributed by atoms with Gasteiger partial charge in [0.05, 0.1) is 43.1 Å². The van der Waals surface area contributed by atoms with Crippen LogP contribution in [-0.4, -0.2) is 85.2 Å². The number of aryl methyl sites for hydroxylation is 1. The molecule has 7 N–H and O–H groups in total. The molecule has 0 bridgehead atoms. The fourth-order valence-corrected chi connectivity index (χ4v) is 4.90. The second-order valence-electron chi connectivity index (χ2n) is 11.6. The van der Waals surface area contributed by atoms with Crippen LogP contribution in [0, 0.1) is 0 Å². The van der Waals surface area contributed by atoms with Crippen molar-refractivity contribution in [3.63, 3.8) is 0 Å². The molecule has 4 rings (SSSR count). The molecule has 2 aromatic heterocycles. The molecule has 1 fully saturated rings. The Balaban J connectivity index is 0.00000137. The van der Waals surface area contributed by atoms with Crippen molar-refractivity contribution in [1.29, 1.82) is 0 Å². The molecule has 1 amide bonds. The number of fused-ring (bicyclic) bond motifs is 1. The first-order chi connectivity index (χ1) is 23.8. The van der Waals surface area contributed by atoms with Gasteiger partial charge in [0.15, 0.2) is 0 Å². The van der Waals surface area contributed by atoms with E-state index in [1.807, 2.05) is 43.8 Å². The summed E-state index contributed by atoms with van der Waals surface area (Å²) in [6.45, 7) is 26.7. The van der Waals surface area contributed by atoms with Gasteiger partial charge in [-0.15, -0.1) is 0 Å². The summed E-state index contributed by atoms with van der Waals surface area (Å²) in [5.74, 6) is -0.114. The van der Waals surface area contributed by atoms with Crippen molar-refractivity contribution < 1.29 is 9.53 Å². The first kappa shape index (κ1) is 43.1. The summed E-state index contributed by atoms with van der Waals surface area (Å²) >= 11 is 0. The SMILES string of the molecule is C=C(NC1=CC(C(=O)NCCN2CCOCC2)=CNC1C)c1cnn2cc(/C(C=NCCN)=C/N)cc2c1CCC.CC.CCC.CCC. The van der Waals surface area contributed by atoms with Crippen LogP contribution in [0.3, 0.4) is 0 Å². The Morgan fingerprint density at radius 1 is 1.18 bits per heavy atom. The highest BCUT2D eigenvalue weighted by Gasteiger charge is 2.20. The number of hydrogen-bond acceptors (Lipinski definition) is 9. The van der Waals surface area contributed by atoms with Gasteiger partial charge in [-0.25, -0.2) is 4.52 Å². The zero-order chi connectivity index (χ0) is 36.6. The zero-order valence-corrected chi connectivity index (χ0v) is 31.6. The number of morpholine rings is 1. The average Bonchev–Trinajstić information content (AvgIpc) is 3.54. The van der Waals surface area contributed by atoms with Gasteiger partial charge in [0, 0.05) is 85.6 Å². The summed E-state index contributed by atoms with van der Waals surface area (Å²) in [6, 6.07) is 2.06. The van der Waals surface area contributed by atoms with Gasteiger partial charge < -0.3 is 32.2 Å². The Kier molecular flexibility index (Phi) is 22.1. The van der Waals surface area contributed by atoms with Crippen LogP contribution in [0.25, 0.3) is 16.8 Å². The maximum absolute atomic E-state index is 12.9. The highest BCUT2D eigenvalue weighted by atomic mass is 16.5. The summed E-state index contributed by atoms with van der Waals surface area (Å²) in [5, 5.41) is 14.5. The Bertz CT molecular complexity index is 1380. The van der Waals surface area contributed by atoms with Crippen molar-refractivity contribution in [2.24, 2.45) is 16.5 Å². The minimum atomic E-state index is -0.114. The molecule has 11 nitrogen and oxygen atoms in total. The number of amides is 1. The van der Waals surface area contributed by atoms with E-state index in [4.69, 9.17) is 16.2 Å². The van der Waals surface area contributed by atoms with Gasteiger partial charge in [0.2, 0.25) is 0 Å². The van der Waals surface area contributed by atoms with Gasteiger partial charge in [-0.3, -0.25) is 14.7 Å². The lowest BCUT2D eigenvalue weighted by molar-refractivity contribution is -0.117. The first-order valence-electron chi connectivity index (χ1n) is 18.1. The first-order valence-corrected chi connectivity index (χ1v) is 18.1. The third-order valence-electron chi connectivity index (χ3n) is 7.21. The quantitative estimate of drug-likeness (QED) is 0.181. The van der Waals surface area contributed by atoms with Crippen molar-refractivity contribution in [2.45, 2.75) is 87.1 Å². The molecule has 2 aliphatic heterocycles. The third kappa shape index (κ3) is 14.2. The van der Waals surface area contributed by atoms with Crippen LogP contribution in [0.4, 0.5) is 0 Å². The van der Waals surface area contributed by atoms with Crippen LogP contribution in [0.15, 0.2) is 59.8 Å². The zero-order valence-electron chi connectivity index (χ0n) is 31.6. The molecule has 1 unspecified atom stereocenters. The number of allylic oxidation sites excluding steroid dienone is 1. The second-order valence-corrected chi connectivity index (χ2v) is 11.6. The number of ether oxygens (including phenoxy) is 1. The van der Waals surface area contributed by atoms with Crippen LogP contribution >= 0.6 is 0 Å². The largest absolute Gasteiger partial charge is 0.404 e. The highest BCUT2D eigenvalue weighted by molar-refractivity contribution is 6.10. The molecule has 2 aliphatic rings. The molecule has 1 atom stereocenters. The van der Waals surface area contributed by atoms with E-state index in [2.05, 4.69) is 78.2 Å². The predicted octanol–water partition coefficient (Wildman–Crippen LogP) is 5.24. The molecule has 0 radical (unpaired) electrons. The Labute approximate surface area is 296 Å². The van der Waals surface area contributed by atoms with E-state index in [9.17, 15) is 4.79 Å². The monoisotopic (exact) mass is 680 g/mol. The van der Waals surface area contributed by atoms with Crippen LogP contribution in [0.5, 0.6) is 0 Å². The number of nitrogens with two attached hydrogens (primary N) is 2. The number of nitrogens with zero attached hydrogens (tertiary/aromatic N) is 4. The lowest BCUT2D eigenvalue weighted by Gasteiger charge is -2.27. The number of hydrogen-bond donors (Lipinski definition) is 5. The van der Waals surface area contributed by atoms with Crippen LogP contribution in [-0.2, 0) is 16.0 Å². The van der Waals surface area contributed by atoms with Gasteiger partial charge in [0.1, 0.15) is 0 Å². The summed E-state index contributed by atoms with van der Waals surface area (Å²) < 4.78 is 7.26. The van der Waals surface area contributed by atoms with Gasteiger partial charge in [-0.05, 0) is 31.1 Å². The fourth-order valence-electron chi connectivity index (χ4n) is 4.90. The van der Waals surface area contributed by atoms with Crippen molar-refractivity contribution in [2.75, 3.05) is 52.5 Å². The smallest absolute Gasteiger partial charge is 0.252 e. The third-order valence-corrected chi connectivity index (χ3v) is 7.21. The molecule has 2 aromatic rings. The Morgan fingerprint density at radius 2 is 1.86 bits per heavy atom. The normalized spacial score (nSPS) is 16.1. The van der Waals surface area contributed by atoms with E-state index in [1.54, 1.807) is 18.6 Å². The van der Waals surface area contributed by atoms with E-state index in [0.717, 1.165) is 84.9 Å². The molecule has 0 aliphatic carbocycles. The molecular formula is C38H65N9O2. The second kappa shape index (κ2) is 25.1. The van der Waals surface area contributed by atoms with Crippen molar-refractivity contribution in [3.05, 3.63) is 71.5 Å². The fraction of sp³-hybridized carbons (Fsp3) is 0.553. The van der Waals surface area contributed by atoms with E-state index >= 15 is 0 Å². The molecule has 0 saturated carbocycles. The van der Waals surface area contributed by atoms with Crippen LogP contribution < -0.4 is 27.4 Å². The topological polar surface area (TPSA) is 147 Å². The Morgan fingerprint density at radius 3 is 2.47 bits per heavy atom. The maximum atomic E-state index is 12.9. The molecule has 274 valence electrons. The number of dihydropyridines is 1. The molecule has 1 saturated heterocycles. The van der Waals surface area contributed by atoms with Crippen LogP contribution in [0.1, 0.15) is 91.3 Å². The van der Waals surface area contributed by atoms with Gasteiger partial charge >= 0.3 is 0 Å². The van der Waals surface area contributed by atoms with Crippen molar-refractivity contribution in [3.8, 4) is 0 Å². The minimum Gasteiger partial charge on any atom is -0.404 e. The lowest BCUT2D eigenvalue weighted by Crippen LogP contribution is -2.42. The number of aliphatic imine (C=N–C) groups is 1. The maximum Gasteiger partial charge on any atom is 0.252 e. The summed E-state index contributed by atoms with van der Waals surface area (Å²) in [4.78, 5) is 19.5. The summed E-state index contributed by atoms with van der Waals surface area (Å²) in [6.07, 6.45) is 15.0. The summed E-state index contributed by atoms with van der Waals surface area (Å²) in [5.41, 5.74) is 18.4. The number of nitrogens with one attached hydrogen (secondary N) is 3. The van der Waals surface area contributed by atoms with E-state index in [-0.39, 0.29) is 11.9 Å². The van der Waals surface area contributed by atoms with Crippen molar-refractivity contribution >= 4 is 28.9 Å². The molecule has 0 aromatic carbocycles. The number of rotatable bonds is 13. The van der Waals surface area contributed by atoms with E-state index < -0.39 is 0 Å². The predicted molar refractivity (Wildman–Crippen MR) is 208 cm³/mol. The lowest BCUT2D eigenvalue weighted by atomic mass is 10.0. The number of carbonyl (C=O) groups is 1. The van der Waals surface area contributed by atoms with E-state index in [1.165, 1.54) is 12.8 Å². The number of carbonyl (C=O) groups excluding carboxylic acids is 1. The summed E-state index contributed by atoms with van der Waals surface area (Å²) in [7, 11) is 0. The molecule has 49 heavy (non-hydrogen) atoms. The highest BCUT2D eigenvalue weighted by Crippen LogP contribution is 2.26. The minimum absolute atomic E-state index is 0.0204. The molecule has 0 spiro atoms. The Hall–Kier alpha value is -3.93. The van der Waals surface area contributed by atoms with Crippen LogP contribution in [0.2, 0.25) is 0 Å². The molecule has 11 heteroatoms.